The second-order valence-electron chi connectivity index (χ2n) is 5.98. The predicted molar refractivity (Wildman–Crippen MR) is 103 cm³/mol. The fourth-order valence-corrected chi connectivity index (χ4v) is 0.786. The molecule has 2 rings (SSSR count). The first-order valence-corrected chi connectivity index (χ1v) is 7.81. The van der Waals surface area contributed by atoms with Gasteiger partial charge in [0.2, 0.25) is 5.82 Å². The van der Waals surface area contributed by atoms with Crippen LogP contribution in [0, 0.1) is 34.5 Å². The molecule has 25 heavy (non-hydrogen) atoms. The van der Waals surface area contributed by atoms with Crippen molar-refractivity contribution < 1.29 is 0 Å². The van der Waals surface area contributed by atoms with E-state index >= 15 is 0 Å². The number of nitrogens with zero attached hydrogens (tertiary/aromatic N) is 5. The average molecular weight is 342 g/mol. The van der Waals surface area contributed by atoms with Crippen molar-refractivity contribution in [3.63, 3.8) is 0 Å². The van der Waals surface area contributed by atoms with Crippen LogP contribution in [0.5, 0.6) is 0 Å². The topological polar surface area (TPSA) is 86.2 Å². The van der Waals surface area contributed by atoms with Gasteiger partial charge in [-0.15, -0.1) is 0 Å². The van der Waals surface area contributed by atoms with Gasteiger partial charge >= 0.3 is 0 Å². The van der Waals surface area contributed by atoms with E-state index in [0.717, 1.165) is 11.8 Å². The van der Waals surface area contributed by atoms with E-state index in [1.807, 2.05) is 6.07 Å². The van der Waals surface area contributed by atoms with Crippen LogP contribution in [0.2, 0.25) is 0 Å². The Morgan fingerprint density at radius 3 is 1.40 bits per heavy atom. The first-order valence-electron chi connectivity index (χ1n) is 7.81. The molecule has 0 spiro atoms. The zero-order valence-electron chi connectivity index (χ0n) is 15.4. The maximum atomic E-state index is 8.23. The molecule has 0 aliphatic heterocycles. The number of pyridine rings is 1. The number of hydrogen-bond donors (Lipinski definition) is 0. The third-order valence-electron chi connectivity index (χ3n) is 1.45. The highest BCUT2D eigenvalue weighted by Crippen LogP contribution is 1.87. The summed E-state index contributed by atoms with van der Waals surface area (Å²) >= 11 is 0. The highest BCUT2D eigenvalue weighted by Gasteiger charge is 1.83. The van der Waals surface area contributed by atoms with E-state index < -0.39 is 0 Å². The van der Waals surface area contributed by atoms with Gasteiger partial charge < -0.3 is 0 Å². The quantitative estimate of drug-likeness (QED) is 0.652. The molecule has 2 aromatic heterocycles. The minimum atomic E-state index is 0. The molecular formula is C20H31N5. The van der Waals surface area contributed by atoms with Crippen LogP contribution in [-0.4, -0.2) is 15.0 Å². The molecule has 0 fully saturated rings. The highest BCUT2D eigenvalue weighted by atomic mass is 14.8. The fraction of sp³-hybridized carbons (Fsp3) is 0.450. The summed E-state index contributed by atoms with van der Waals surface area (Å²) in [6, 6.07) is 10.6. The molecule has 0 saturated carbocycles. The highest BCUT2D eigenvalue weighted by molar-refractivity contribution is 5.18. The van der Waals surface area contributed by atoms with Gasteiger partial charge in [-0.3, -0.25) is 0 Å². The van der Waals surface area contributed by atoms with Gasteiger partial charge in [0.15, 0.2) is 0 Å². The Morgan fingerprint density at radius 2 is 1.16 bits per heavy atom. The van der Waals surface area contributed by atoms with Crippen molar-refractivity contribution in [2.24, 2.45) is 11.8 Å². The van der Waals surface area contributed by atoms with Crippen molar-refractivity contribution in [1.29, 1.82) is 10.5 Å². The second-order valence-corrected chi connectivity index (χ2v) is 5.98. The predicted octanol–water partition coefficient (Wildman–Crippen LogP) is 5.26. The van der Waals surface area contributed by atoms with Gasteiger partial charge in [-0.05, 0) is 30.0 Å². The molecule has 0 atom stereocenters. The fourth-order valence-electron chi connectivity index (χ4n) is 0.786. The monoisotopic (exact) mass is 341 g/mol. The van der Waals surface area contributed by atoms with E-state index in [0.29, 0.717) is 5.69 Å². The molecule has 0 radical (unpaired) electrons. The van der Waals surface area contributed by atoms with Crippen LogP contribution in [0.25, 0.3) is 0 Å². The maximum absolute atomic E-state index is 8.23. The summed E-state index contributed by atoms with van der Waals surface area (Å²) in [5.41, 5.74) is 0.465. The van der Waals surface area contributed by atoms with Crippen LogP contribution in [0.1, 0.15) is 60.5 Å². The molecule has 0 saturated heterocycles. The van der Waals surface area contributed by atoms with E-state index in [1.54, 1.807) is 36.5 Å². The van der Waals surface area contributed by atoms with E-state index in [4.69, 9.17) is 10.5 Å². The van der Waals surface area contributed by atoms with Crippen LogP contribution in [-0.2, 0) is 0 Å². The molecule has 0 bridgehead atoms. The lowest BCUT2D eigenvalue weighted by Gasteiger charge is -1.79. The summed E-state index contributed by atoms with van der Waals surface area (Å²) in [5.74, 6) is 1.88. The standard InChI is InChI=1S/C6H4N2.C5H3N3.2C4H10.CH4/c7-5-6-3-1-2-4-8-6;6-4-5-7-2-1-3-8-5;2*1-4(2)3;/h1-4H;1-3H;2*4H,1-3H3;1H4. The third kappa shape index (κ3) is 26.4. The molecule has 0 N–H and O–H groups in total. The molecular weight excluding hydrogens is 310 g/mol. The summed E-state index contributed by atoms with van der Waals surface area (Å²) in [7, 11) is 0. The maximum Gasteiger partial charge on any atom is 0.232 e. The minimum absolute atomic E-state index is 0. The van der Waals surface area contributed by atoms with E-state index in [2.05, 4.69) is 56.5 Å². The Balaban J connectivity index is -0.000000270. The lowest BCUT2D eigenvalue weighted by atomic mass is 10.3. The summed E-state index contributed by atoms with van der Waals surface area (Å²) in [4.78, 5) is 11.0. The molecule has 136 valence electrons. The zero-order valence-corrected chi connectivity index (χ0v) is 15.4. The molecule has 0 aliphatic carbocycles. The minimum Gasteiger partial charge on any atom is -0.246 e. The Bertz CT molecular complexity index is 520. The molecule has 5 nitrogen and oxygen atoms in total. The Morgan fingerprint density at radius 1 is 0.720 bits per heavy atom. The number of aromatic nitrogens is 3. The Labute approximate surface area is 153 Å². The molecule has 2 heterocycles. The molecule has 0 aliphatic rings. The van der Waals surface area contributed by atoms with Crippen LogP contribution < -0.4 is 0 Å². The number of hydrogen-bond acceptors (Lipinski definition) is 5. The summed E-state index contributed by atoms with van der Waals surface area (Å²) in [6.45, 7) is 13.0. The number of nitriles is 2. The lowest BCUT2D eigenvalue weighted by molar-refractivity contribution is 0.736. The van der Waals surface area contributed by atoms with Crippen molar-refractivity contribution in [2.45, 2.75) is 49.0 Å². The van der Waals surface area contributed by atoms with Crippen LogP contribution in [0.15, 0.2) is 42.9 Å². The van der Waals surface area contributed by atoms with Gasteiger partial charge in [0.25, 0.3) is 0 Å². The van der Waals surface area contributed by atoms with Crippen molar-refractivity contribution in [2.75, 3.05) is 0 Å². The van der Waals surface area contributed by atoms with Crippen molar-refractivity contribution in [3.8, 4) is 12.1 Å². The van der Waals surface area contributed by atoms with Gasteiger partial charge in [0, 0.05) is 18.6 Å². The normalized spacial score (nSPS) is 7.92. The SMILES string of the molecule is C.CC(C)C.CC(C)C.N#Cc1ccccn1.N#Cc1ncccn1. The second kappa shape index (κ2) is 19.3. The van der Waals surface area contributed by atoms with Gasteiger partial charge in [-0.2, -0.15) is 10.5 Å². The lowest BCUT2D eigenvalue weighted by Crippen LogP contribution is -1.82. The van der Waals surface area contributed by atoms with Gasteiger partial charge in [-0.1, -0.05) is 55.0 Å². The van der Waals surface area contributed by atoms with E-state index in [9.17, 15) is 0 Å². The van der Waals surface area contributed by atoms with Crippen LogP contribution in [0.3, 0.4) is 0 Å². The Hall–Kier alpha value is -2.79. The van der Waals surface area contributed by atoms with Crippen molar-refractivity contribution >= 4 is 0 Å². The van der Waals surface area contributed by atoms with Gasteiger partial charge in [-0.25, -0.2) is 15.0 Å². The van der Waals surface area contributed by atoms with Gasteiger partial charge in [0.05, 0.1) is 0 Å². The summed E-state index contributed by atoms with van der Waals surface area (Å²) in [6.07, 6.45) is 4.66. The smallest absolute Gasteiger partial charge is 0.232 e. The Kier molecular flexibility index (Phi) is 20.9. The van der Waals surface area contributed by atoms with Crippen molar-refractivity contribution in [3.05, 3.63) is 54.4 Å². The number of rotatable bonds is 0. The third-order valence-corrected chi connectivity index (χ3v) is 1.45. The first-order chi connectivity index (χ1) is 11.3. The average Bonchev–Trinajstić information content (AvgIpc) is 2.56. The molecule has 0 aromatic carbocycles. The van der Waals surface area contributed by atoms with Gasteiger partial charge in [0.1, 0.15) is 17.8 Å². The summed E-state index contributed by atoms with van der Waals surface area (Å²) in [5, 5.41) is 16.4. The van der Waals surface area contributed by atoms with E-state index in [-0.39, 0.29) is 13.3 Å². The summed E-state index contributed by atoms with van der Waals surface area (Å²) < 4.78 is 0. The zero-order chi connectivity index (χ0) is 18.8. The van der Waals surface area contributed by atoms with E-state index in [1.165, 1.54) is 12.4 Å². The van der Waals surface area contributed by atoms with Crippen LogP contribution >= 0.6 is 0 Å². The molecule has 0 unspecified atom stereocenters. The molecule has 2 aromatic rings. The van der Waals surface area contributed by atoms with Crippen LogP contribution in [0.4, 0.5) is 0 Å². The molecule has 5 heteroatoms. The van der Waals surface area contributed by atoms with Crippen molar-refractivity contribution in [1.82, 2.24) is 15.0 Å². The molecule has 0 amide bonds. The largest absolute Gasteiger partial charge is 0.246 e. The first kappa shape index (κ1) is 27.1.